The Morgan fingerprint density at radius 2 is 2.18 bits per heavy atom. The SMILES string of the molecule is Cc1cccc(COC(=O)c2ccc(Cn3cccn3)o2)c1. The van der Waals surface area contributed by atoms with Gasteiger partial charge in [0.2, 0.25) is 5.76 Å². The number of furan rings is 1. The van der Waals surface area contributed by atoms with Gasteiger partial charge in [-0.05, 0) is 30.7 Å². The number of hydrogen-bond acceptors (Lipinski definition) is 4. The molecule has 0 aliphatic carbocycles. The fourth-order valence-electron chi connectivity index (χ4n) is 2.15. The van der Waals surface area contributed by atoms with Gasteiger partial charge >= 0.3 is 5.97 Å². The van der Waals surface area contributed by atoms with Crippen LogP contribution >= 0.6 is 0 Å². The first-order valence-corrected chi connectivity index (χ1v) is 6.99. The van der Waals surface area contributed by atoms with Gasteiger partial charge in [0.15, 0.2) is 0 Å². The molecule has 0 saturated heterocycles. The Kier molecular flexibility index (Phi) is 4.05. The highest BCUT2D eigenvalue weighted by Gasteiger charge is 2.13. The zero-order valence-electron chi connectivity index (χ0n) is 12.2. The van der Waals surface area contributed by atoms with Crippen molar-refractivity contribution in [3.05, 3.63) is 77.5 Å². The summed E-state index contributed by atoms with van der Waals surface area (Å²) in [6, 6.07) is 13.1. The van der Waals surface area contributed by atoms with Crippen LogP contribution in [0.2, 0.25) is 0 Å². The minimum Gasteiger partial charge on any atom is -0.455 e. The van der Waals surface area contributed by atoms with Crippen LogP contribution in [0.15, 0.2) is 59.3 Å². The zero-order valence-corrected chi connectivity index (χ0v) is 12.2. The third kappa shape index (κ3) is 3.44. The highest BCUT2D eigenvalue weighted by molar-refractivity contribution is 5.86. The van der Waals surface area contributed by atoms with Gasteiger partial charge in [0, 0.05) is 12.4 Å². The van der Waals surface area contributed by atoms with Crippen molar-refractivity contribution in [2.75, 3.05) is 0 Å². The summed E-state index contributed by atoms with van der Waals surface area (Å²) >= 11 is 0. The molecule has 0 bridgehead atoms. The molecule has 3 rings (SSSR count). The second-order valence-corrected chi connectivity index (χ2v) is 5.03. The Labute approximate surface area is 128 Å². The molecular formula is C17H16N2O3. The lowest BCUT2D eigenvalue weighted by Crippen LogP contribution is -2.04. The Morgan fingerprint density at radius 1 is 1.27 bits per heavy atom. The molecule has 5 nitrogen and oxygen atoms in total. The predicted molar refractivity (Wildman–Crippen MR) is 80.3 cm³/mol. The van der Waals surface area contributed by atoms with Gasteiger partial charge < -0.3 is 9.15 Å². The first-order chi connectivity index (χ1) is 10.7. The van der Waals surface area contributed by atoms with Crippen LogP contribution in [0.3, 0.4) is 0 Å². The first-order valence-electron chi connectivity index (χ1n) is 6.99. The Hall–Kier alpha value is -2.82. The van der Waals surface area contributed by atoms with E-state index >= 15 is 0 Å². The maximum Gasteiger partial charge on any atom is 0.374 e. The number of aromatic nitrogens is 2. The zero-order chi connectivity index (χ0) is 15.4. The predicted octanol–water partition coefficient (Wildman–Crippen LogP) is 3.19. The van der Waals surface area contributed by atoms with E-state index in [2.05, 4.69) is 5.10 Å². The number of hydrogen-bond donors (Lipinski definition) is 0. The Bertz CT molecular complexity index is 760. The number of carbonyl (C=O) groups is 1. The summed E-state index contributed by atoms with van der Waals surface area (Å²) in [6.45, 7) is 2.72. The van der Waals surface area contributed by atoms with Crippen LogP contribution in [0.25, 0.3) is 0 Å². The average molecular weight is 296 g/mol. The smallest absolute Gasteiger partial charge is 0.374 e. The minimum absolute atomic E-state index is 0.204. The van der Waals surface area contributed by atoms with Gasteiger partial charge in [-0.15, -0.1) is 0 Å². The maximum atomic E-state index is 12.0. The first kappa shape index (κ1) is 14.1. The minimum atomic E-state index is -0.465. The Morgan fingerprint density at radius 3 is 2.95 bits per heavy atom. The lowest BCUT2D eigenvalue weighted by Gasteiger charge is -2.04. The van der Waals surface area contributed by atoms with Crippen molar-refractivity contribution in [2.45, 2.75) is 20.1 Å². The van der Waals surface area contributed by atoms with Crippen LogP contribution in [-0.4, -0.2) is 15.7 Å². The highest BCUT2D eigenvalue weighted by Crippen LogP contribution is 2.12. The normalized spacial score (nSPS) is 10.6. The molecule has 1 aromatic carbocycles. The van der Waals surface area contributed by atoms with Crippen LogP contribution in [-0.2, 0) is 17.9 Å². The summed E-state index contributed by atoms with van der Waals surface area (Å²) in [6.07, 6.45) is 3.53. The second kappa shape index (κ2) is 6.30. The molecule has 0 N–H and O–H groups in total. The molecule has 0 saturated carbocycles. The van der Waals surface area contributed by atoms with Gasteiger partial charge in [0.25, 0.3) is 0 Å². The third-order valence-electron chi connectivity index (χ3n) is 3.19. The molecule has 0 spiro atoms. The summed E-state index contributed by atoms with van der Waals surface area (Å²) in [5.41, 5.74) is 2.09. The number of carbonyl (C=O) groups excluding carboxylic acids is 1. The maximum absolute atomic E-state index is 12.0. The number of benzene rings is 1. The monoisotopic (exact) mass is 296 g/mol. The lowest BCUT2D eigenvalue weighted by atomic mass is 10.1. The molecule has 112 valence electrons. The fraction of sp³-hybridized carbons (Fsp3) is 0.176. The van der Waals surface area contributed by atoms with E-state index in [0.717, 1.165) is 11.1 Å². The number of rotatable bonds is 5. The van der Waals surface area contributed by atoms with Crippen LogP contribution in [0, 0.1) is 6.92 Å². The number of esters is 1. The van der Waals surface area contributed by atoms with E-state index in [0.29, 0.717) is 12.3 Å². The van der Waals surface area contributed by atoms with Crippen LogP contribution in [0.1, 0.15) is 27.4 Å². The molecule has 0 unspecified atom stereocenters. The standard InChI is InChI=1S/C17H16N2O3/c1-13-4-2-5-14(10-13)12-21-17(20)16-7-6-15(22-16)11-19-9-3-8-18-19/h2-10H,11-12H2,1H3. The summed E-state index contributed by atoms with van der Waals surface area (Å²) in [5, 5.41) is 4.09. The van der Waals surface area contributed by atoms with Gasteiger partial charge in [-0.25, -0.2) is 4.79 Å². The van der Waals surface area contributed by atoms with Gasteiger partial charge in [0.1, 0.15) is 12.4 Å². The van der Waals surface area contributed by atoms with E-state index in [1.165, 1.54) is 0 Å². The van der Waals surface area contributed by atoms with Crippen molar-refractivity contribution >= 4 is 5.97 Å². The Balaban J connectivity index is 1.59. The molecule has 0 amide bonds. The van der Waals surface area contributed by atoms with Crippen molar-refractivity contribution in [1.82, 2.24) is 9.78 Å². The van der Waals surface area contributed by atoms with Crippen molar-refractivity contribution in [3.8, 4) is 0 Å². The van der Waals surface area contributed by atoms with Gasteiger partial charge in [-0.1, -0.05) is 29.8 Å². The molecule has 0 radical (unpaired) electrons. The fourth-order valence-corrected chi connectivity index (χ4v) is 2.15. The highest BCUT2D eigenvalue weighted by atomic mass is 16.5. The van der Waals surface area contributed by atoms with Crippen molar-refractivity contribution < 1.29 is 13.9 Å². The molecular weight excluding hydrogens is 280 g/mol. The number of nitrogens with zero attached hydrogens (tertiary/aromatic N) is 2. The second-order valence-electron chi connectivity index (χ2n) is 5.03. The summed E-state index contributed by atoms with van der Waals surface area (Å²) in [4.78, 5) is 12.0. The molecule has 0 atom stereocenters. The van der Waals surface area contributed by atoms with Gasteiger partial charge in [0.05, 0.1) is 6.54 Å². The molecule has 3 aromatic rings. The van der Waals surface area contributed by atoms with Gasteiger partial charge in [-0.3, -0.25) is 4.68 Å². The van der Waals surface area contributed by atoms with E-state index in [9.17, 15) is 4.79 Å². The molecule has 2 aromatic heterocycles. The van der Waals surface area contributed by atoms with E-state index in [1.54, 1.807) is 23.0 Å². The van der Waals surface area contributed by atoms with Crippen LogP contribution in [0.5, 0.6) is 0 Å². The van der Waals surface area contributed by atoms with Crippen molar-refractivity contribution in [1.29, 1.82) is 0 Å². The summed E-state index contributed by atoms with van der Waals surface area (Å²) < 4.78 is 12.5. The summed E-state index contributed by atoms with van der Waals surface area (Å²) in [7, 11) is 0. The van der Waals surface area contributed by atoms with E-state index < -0.39 is 5.97 Å². The molecule has 2 heterocycles. The summed E-state index contributed by atoms with van der Waals surface area (Å²) in [5.74, 6) is 0.397. The largest absolute Gasteiger partial charge is 0.455 e. The van der Waals surface area contributed by atoms with Crippen molar-refractivity contribution in [2.24, 2.45) is 0 Å². The average Bonchev–Trinajstić information content (AvgIpc) is 3.17. The topological polar surface area (TPSA) is 57.3 Å². The number of ether oxygens (including phenoxy) is 1. The van der Waals surface area contributed by atoms with E-state index in [-0.39, 0.29) is 12.4 Å². The molecule has 0 aliphatic rings. The van der Waals surface area contributed by atoms with Crippen LogP contribution < -0.4 is 0 Å². The molecule has 0 aliphatic heterocycles. The van der Waals surface area contributed by atoms with E-state index in [4.69, 9.17) is 9.15 Å². The molecule has 5 heteroatoms. The molecule has 0 fully saturated rings. The van der Waals surface area contributed by atoms with Gasteiger partial charge in [-0.2, -0.15) is 5.10 Å². The molecule has 22 heavy (non-hydrogen) atoms. The van der Waals surface area contributed by atoms with Crippen molar-refractivity contribution in [3.63, 3.8) is 0 Å². The lowest BCUT2D eigenvalue weighted by molar-refractivity contribution is 0.0434. The van der Waals surface area contributed by atoms with Crippen LogP contribution in [0.4, 0.5) is 0 Å². The third-order valence-corrected chi connectivity index (χ3v) is 3.19. The van der Waals surface area contributed by atoms with E-state index in [1.807, 2.05) is 43.5 Å². The quantitative estimate of drug-likeness (QED) is 0.678. The number of aryl methyl sites for hydroxylation is 1.